The van der Waals surface area contributed by atoms with Crippen molar-refractivity contribution in [1.82, 2.24) is 0 Å². The first-order valence-electron chi connectivity index (χ1n) is 25.8. The molecule has 0 saturated carbocycles. The zero-order valence-corrected chi connectivity index (χ0v) is 38.5. The van der Waals surface area contributed by atoms with Crippen molar-refractivity contribution in [2.75, 3.05) is 4.90 Å². The summed E-state index contributed by atoms with van der Waals surface area (Å²) in [7, 11) is 0. The van der Waals surface area contributed by atoms with Crippen LogP contribution in [0.5, 0.6) is 0 Å². The quantitative estimate of drug-likeness (QED) is 0.147. The van der Waals surface area contributed by atoms with E-state index < -0.39 is 5.41 Å². The molecule has 11 aromatic rings. The number of nitrogens with zero attached hydrogens (tertiary/aromatic N) is 1. The molecule has 1 nitrogen and oxygen atoms in total. The van der Waals surface area contributed by atoms with Gasteiger partial charge in [0.15, 0.2) is 0 Å². The van der Waals surface area contributed by atoms with Gasteiger partial charge < -0.3 is 4.90 Å². The minimum absolute atomic E-state index is 0.105. The zero-order valence-electron chi connectivity index (χ0n) is 42.5. The van der Waals surface area contributed by atoms with Crippen molar-refractivity contribution in [3.8, 4) is 55.6 Å². The van der Waals surface area contributed by atoms with E-state index >= 15 is 0 Å². The summed E-state index contributed by atoms with van der Waals surface area (Å²) in [5, 5.41) is 2.27. The van der Waals surface area contributed by atoms with Gasteiger partial charge in [-0.15, -0.1) is 0 Å². The van der Waals surface area contributed by atoms with E-state index in [0.717, 1.165) is 66.5 Å². The Morgan fingerprint density at radius 1 is 0.319 bits per heavy atom. The highest BCUT2D eigenvalue weighted by Gasteiger charge is 2.46. The summed E-state index contributed by atoms with van der Waals surface area (Å²) in [6, 6.07) is 82.2. The zero-order chi connectivity index (χ0) is 49.6. The lowest BCUT2D eigenvalue weighted by Crippen LogP contribution is -2.28. The second-order valence-corrected chi connectivity index (χ2v) is 18.9. The lowest BCUT2D eigenvalue weighted by atomic mass is 9.67. The summed E-state index contributed by atoms with van der Waals surface area (Å²) in [6.45, 7) is 4.61. The molecule has 69 heavy (non-hydrogen) atoms. The van der Waals surface area contributed by atoms with Crippen LogP contribution < -0.4 is 4.90 Å². The highest BCUT2D eigenvalue weighted by atomic mass is 15.1. The van der Waals surface area contributed by atoms with Crippen LogP contribution in [0.25, 0.3) is 66.4 Å². The van der Waals surface area contributed by atoms with E-state index in [1.165, 1.54) is 27.8 Å². The van der Waals surface area contributed by atoms with Gasteiger partial charge in [-0.1, -0.05) is 226 Å². The second kappa shape index (κ2) is 16.1. The molecule has 0 aliphatic heterocycles. The van der Waals surface area contributed by atoms with Crippen LogP contribution >= 0.6 is 0 Å². The van der Waals surface area contributed by atoms with Crippen LogP contribution in [-0.2, 0) is 10.8 Å². The van der Waals surface area contributed by atoms with Crippen molar-refractivity contribution in [2.45, 2.75) is 24.7 Å². The molecular formula is C68H49N. The van der Waals surface area contributed by atoms with Gasteiger partial charge in [0.05, 0.1) is 10.9 Å². The molecule has 0 aromatic heterocycles. The molecule has 0 spiro atoms. The summed E-state index contributed by atoms with van der Waals surface area (Å²) in [6.07, 6.45) is 0. The smallest absolute Gasteiger partial charge is 0.0714 e. The molecule has 0 N–H and O–H groups in total. The third-order valence-corrected chi connectivity index (χ3v) is 14.8. The van der Waals surface area contributed by atoms with Crippen molar-refractivity contribution in [3.63, 3.8) is 0 Å². The molecule has 11 aromatic carbocycles. The SMILES string of the molecule is [2H]c1c([2H])c(N(c2ccc(-c3cccc4c3C(C)(C)c3ccccc3-4)cc2)c2ccc3c(c2)C(c2ccccc2)(c2ccccc2)c2ccccc2-3)c([2H])c([2H])c1-c1cccc(-c2ccc3ccccc3c2)c1. The largest absolute Gasteiger partial charge is 0.310 e. The van der Waals surface area contributed by atoms with Gasteiger partial charge in [0.2, 0.25) is 0 Å². The van der Waals surface area contributed by atoms with E-state index in [0.29, 0.717) is 11.3 Å². The van der Waals surface area contributed by atoms with Crippen LogP contribution in [0.15, 0.2) is 261 Å². The average molecular weight is 884 g/mol. The van der Waals surface area contributed by atoms with Gasteiger partial charge in [-0.05, 0) is 148 Å². The van der Waals surface area contributed by atoms with Crippen LogP contribution in [0.1, 0.15) is 52.7 Å². The van der Waals surface area contributed by atoms with Crippen LogP contribution in [0, 0.1) is 0 Å². The Hall–Kier alpha value is -8.52. The van der Waals surface area contributed by atoms with Gasteiger partial charge in [0.1, 0.15) is 0 Å². The van der Waals surface area contributed by atoms with Gasteiger partial charge in [-0.3, -0.25) is 0 Å². The number of hydrogen-bond donors (Lipinski definition) is 0. The van der Waals surface area contributed by atoms with E-state index in [4.69, 9.17) is 0 Å². The van der Waals surface area contributed by atoms with Crippen LogP contribution in [-0.4, -0.2) is 0 Å². The molecule has 0 radical (unpaired) electrons. The minimum atomic E-state index is -0.702. The fourth-order valence-corrected chi connectivity index (χ4v) is 11.6. The Morgan fingerprint density at radius 2 is 0.841 bits per heavy atom. The van der Waals surface area contributed by atoms with Crippen LogP contribution in [0.4, 0.5) is 17.1 Å². The van der Waals surface area contributed by atoms with Gasteiger partial charge in [-0.2, -0.15) is 0 Å². The van der Waals surface area contributed by atoms with E-state index in [1.807, 2.05) is 41.3 Å². The summed E-state index contributed by atoms with van der Waals surface area (Å²) in [5.41, 5.74) is 17.6. The fourth-order valence-electron chi connectivity index (χ4n) is 11.6. The lowest BCUT2D eigenvalue weighted by Gasteiger charge is -2.35. The molecule has 2 aliphatic carbocycles. The summed E-state index contributed by atoms with van der Waals surface area (Å²) in [4.78, 5) is 1.94. The van der Waals surface area contributed by atoms with Crippen molar-refractivity contribution >= 4 is 27.8 Å². The first kappa shape index (κ1) is 36.6. The third kappa shape index (κ3) is 6.46. The number of benzene rings is 11. The van der Waals surface area contributed by atoms with Crippen LogP contribution in [0.3, 0.4) is 0 Å². The number of fused-ring (bicyclic) bond motifs is 7. The number of hydrogen-bond acceptors (Lipinski definition) is 1. The predicted octanol–water partition coefficient (Wildman–Crippen LogP) is 18.0. The van der Waals surface area contributed by atoms with Crippen molar-refractivity contribution in [2.24, 2.45) is 0 Å². The molecule has 13 rings (SSSR count). The summed E-state index contributed by atoms with van der Waals surface area (Å²) < 4.78 is 39.6. The summed E-state index contributed by atoms with van der Waals surface area (Å²) in [5.74, 6) is 0. The Morgan fingerprint density at radius 3 is 1.57 bits per heavy atom. The average Bonchev–Trinajstić information content (AvgIpc) is 3.88. The molecular weight excluding hydrogens is 831 g/mol. The first-order valence-corrected chi connectivity index (χ1v) is 23.8. The summed E-state index contributed by atoms with van der Waals surface area (Å²) >= 11 is 0. The van der Waals surface area contributed by atoms with Crippen molar-refractivity contribution in [3.05, 3.63) is 294 Å². The lowest BCUT2D eigenvalue weighted by molar-refractivity contribution is 0.662. The highest BCUT2D eigenvalue weighted by Crippen LogP contribution is 2.58. The van der Waals surface area contributed by atoms with Gasteiger partial charge in [0.25, 0.3) is 0 Å². The van der Waals surface area contributed by atoms with E-state index in [1.54, 1.807) is 0 Å². The maximum atomic E-state index is 10.0. The van der Waals surface area contributed by atoms with Crippen LogP contribution in [0.2, 0.25) is 0 Å². The fraction of sp³-hybridized carbons (Fsp3) is 0.0588. The van der Waals surface area contributed by atoms with Crippen molar-refractivity contribution in [1.29, 1.82) is 0 Å². The molecule has 1 heteroatoms. The Balaban J connectivity index is 1.01. The molecule has 0 atom stereocenters. The maximum absolute atomic E-state index is 10.0. The van der Waals surface area contributed by atoms with E-state index in [9.17, 15) is 5.48 Å². The molecule has 0 heterocycles. The third-order valence-electron chi connectivity index (χ3n) is 14.8. The minimum Gasteiger partial charge on any atom is -0.310 e. The Labute approximate surface area is 410 Å². The maximum Gasteiger partial charge on any atom is 0.0714 e. The highest BCUT2D eigenvalue weighted by molar-refractivity contribution is 5.92. The molecule has 326 valence electrons. The van der Waals surface area contributed by atoms with Crippen molar-refractivity contribution < 1.29 is 5.48 Å². The number of rotatable bonds is 8. The first-order chi connectivity index (χ1) is 35.6. The number of anilines is 3. The predicted molar refractivity (Wildman–Crippen MR) is 290 cm³/mol. The topological polar surface area (TPSA) is 3.24 Å². The van der Waals surface area contributed by atoms with Gasteiger partial charge in [0, 0.05) is 22.5 Å². The van der Waals surface area contributed by atoms with E-state index in [2.05, 4.69) is 214 Å². The monoisotopic (exact) mass is 883 g/mol. The Kier molecular flexibility index (Phi) is 8.52. The molecule has 0 amide bonds. The molecule has 0 unspecified atom stereocenters. The molecule has 2 aliphatic rings. The Bertz CT molecular complexity index is 3920. The normalized spacial score (nSPS) is 14.4. The van der Waals surface area contributed by atoms with Gasteiger partial charge in [-0.25, -0.2) is 0 Å². The molecule has 0 saturated heterocycles. The van der Waals surface area contributed by atoms with E-state index in [-0.39, 0.29) is 40.8 Å². The molecule has 0 bridgehead atoms. The van der Waals surface area contributed by atoms with Gasteiger partial charge >= 0.3 is 0 Å². The molecule has 0 fully saturated rings. The second-order valence-electron chi connectivity index (χ2n) is 18.9. The standard InChI is InChI=1S/C68H49N/c1-67(2)63-29-13-11-26-60(63)62-28-16-27-58(66(62)67)48-35-39-56(40-36-48)69(55-37-33-47(34-38-55)50-19-15-20-51(43-50)52-32-31-46-17-9-10-18-49(46)44-52)57-41-42-61-59-25-12-14-30-64(59)68(65(61)45-57,53-21-5-3-6-22-53)54-23-7-4-8-24-54/h3-45H,1-2H3/i33D,34D,37D,38D.